The maximum absolute atomic E-state index is 12.5. The summed E-state index contributed by atoms with van der Waals surface area (Å²) in [5.74, 6) is 0.195. The fraction of sp³-hybridized carbons (Fsp3) is 0.667. The molecular weight excluding hydrogens is 344 g/mol. The minimum Gasteiger partial charge on any atom is -0.393 e. The predicted molar refractivity (Wildman–Crippen MR) is 101 cm³/mol. The van der Waals surface area contributed by atoms with Crippen LogP contribution < -0.4 is 0 Å². The number of nitrogens with zero attached hydrogens (tertiary/aromatic N) is 2. The SMILES string of the molecule is O=C(CN1CCC2(CC1)C[C@H](O)C[C@H](c1ccccc1)O2)N1CCOCC1. The van der Waals surface area contributed by atoms with E-state index in [1.54, 1.807) is 0 Å². The van der Waals surface area contributed by atoms with Gasteiger partial charge in [-0.25, -0.2) is 0 Å². The highest BCUT2D eigenvalue weighted by Gasteiger charge is 2.43. The van der Waals surface area contributed by atoms with Gasteiger partial charge in [0.2, 0.25) is 5.91 Å². The van der Waals surface area contributed by atoms with Crippen LogP contribution in [0.5, 0.6) is 0 Å². The molecule has 27 heavy (non-hydrogen) atoms. The zero-order chi connectivity index (χ0) is 18.7. The molecule has 1 amide bonds. The lowest BCUT2D eigenvalue weighted by molar-refractivity contribution is -0.185. The van der Waals surface area contributed by atoms with Crippen molar-refractivity contribution in [2.45, 2.75) is 43.5 Å². The van der Waals surface area contributed by atoms with Gasteiger partial charge in [0.05, 0.1) is 37.6 Å². The summed E-state index contributed by atoms with van der Waals surface area (Å²) in [6.07, 6.45) is 2.71. The highest BCUT2D eigenvalue weighted by atomic mass is 16.5. The number of carbonyl (C=O) groups excluding carboxylic acids is 1. The van der Waals surface area contributed by atoms with Crippen LogP contribution in [-0.4, -0.2) is 78.5 Å². The van der Waals surface area contributed by atoms with Crippen molar-refractivity contribution in [2.24, 2.45) is 0 Å². The van der Waals surface area contributed by atoms with Crippen molar-refractivity contribution in [1.82, 2.24) is 9.80 Å². The molecule has 148 valence electrons. The zero-order valence-electron chi connectivity index (χ0n) is 15.9. The Morgan fingerprint density at radius 2 is 1.81 bits per heavy atom. The third-order valence-corrected chi connectivity index (χ3v) is 6.15. The first-order valence-electron chi connectivity index (χ1n) is 10.1. The van der Waals surface area contributed by atoms with Crippen molar-refractivity contribution in [2.75, 3.05) is 45.9 Å². The molecule has 6 nitrogen and oxygen atoms in total. The lowest BCUT2D eigenvalue weighted by Gasteiger charge is -2.48. The summed E-state index contributed by atoms with van der Waals surface area (Å²) in [4.78, 5) is 16.6. The molecule has 3 fully saturated rings. The summed E-state index contributed by atoms with van der Waals surface area (Å²) in [6, 6.07) is 10.2. The molecule has 6 heteroatoms. The molecule has 1 aromatic rings. The number of hydrogen-bond acceptors (Lipinski definition) is 5. The van der Waals surface area contributed by atoms with E-state index in [-0.39, 0.29) is 23.7 Å². The van der Waals surface area contributed by atoms with Crippen LogP contribution in [0, 0.1) is 0 Å². The normalized spacial score (nSPS) is 29.0. The van der Waals surface area contributed by atoms with Gasteiger partial charge in [-0.1, -0.05) is 30.3 Å². The summed E-state index contributed by atoms with van der Waals surface area (Å²) in [7, 11) is 0. The molecule has 0 radical (unpaired) electrons. The summed E-state index contributed by atoms with van der Waals surface area (Å²) in [6.45, 7) is 4.83. The molecule has 1 spiro atoms. The molecule has 1 N–H and O–H groups in total. The number of morpholine rings is 1. The Kier molecular flexibility index (Phi) is 5.78. The van der Waals surface area contributed by atoms with E-state index in [1.807, 2.05) is 23.1 Å². The number of ether oxygens (including phenoxy) is 2. The van der Waals surface area contributed by atoms with Crippen molar-refractivity contribution >= 4 is 5.91 Å². The van der Waals surface area contributed by atoms with Crippen LogP contribution in [0.3, 0.4) is 0 Å². The summed E-state index contributed by atoms with van der Waals surface area (Å²) >= 11 is 0. The highest BCUT2D eigenvalue weighted by Crippen LogP contribution is 2.42. The van der Waals surface area contributed by atoms with Crippen LogP contribution in [0.2, 0.25) is 0 Å². The fourth-order valence-electron chi connectivity index (χ4n) is 4.57. The number of aliphatic hydroxyl groups is 1. The molecule has 0 aliphatic carbocycles. The Morgan fingerprint density at radius 3 is 2.52 bits per heavy atom. The third kappa shape index (κ3) is 4.51. The van der Waals surface area contributed by atoms with Crippen molar-refractivity contribution in [3.05, 3.63) is 35.9 Å². The van der Waals surface area contributed by atoms with E-state index < -0.39 is 0 Å². The molecule has 3 aliphatic heterocycles. The summed E-state index contributed by atoms with van der Waals surface area (Å²) < 4.78 is 11.9. The second kappa shape index (κ2) is 8.27. The first-order chi connectivity index (χ1) is 13.1. The predicted octanol–water partition coefficient (Wildman–Crippen LogP) is 1.59. The Labute approximate surface area is 161 Å². The van der Waals surface area contributed by atoms with Crippen molar-refractivity contribution < 1.29 is 19.4 Å². The molecule has 0 aromatic heterocycles. The molecule has 1 aromatic carbocycles. The van der Waals surface area contributed by atoms with Gasteiger partial charge in [0.25, 0.3) is 0 Å². The van der Waals surface area contributed by atoms with Gasteiger partial charge in [-0.05, 0) is 18.4 Å². The van der Waals surface area contributed by atoms with E-state index in [0.29, 0.717) is 45.7 Å². The number of piperidine rings is 1. The molecule has 0 bridgehead atoms. The van der Waals surface area contributed by atoms with Crippen LogP contribution in [0.1, 0.15) is 37.4 Å². The first kappa shape index (κ1) is 18.9. The van der Waals surface area contributed by atoms with Crippen LogP contribution in [-0.2, 0) is 14.3 Å². The van der Waals surface area contributed by atoms with E-state index in [9.17, 15) is 9.90 Å². The van der Waals surface area contributed by atoms with Crippen LogP contribution in [0.4, 0.5) is 0 Å². The third-order valence-electron chi connectivity index (χ3n) is 6.15. The van der Waals surface area contributed by atoms with Gasteiger partial charge in [0, 0.05) is 39.0 Å². The Bertz CT molecular complexity index is 624. The Balaban J connectivity index is 1.33. The molecule has 3 saturated heterocycles. The maximum Gasteiger partial charge on any atom is 0.236 e. The summed E-state index contributed by atoms with van der Waals surface area (Å²) in [5, 5.41) is 10.5. The van der Waals surface area contributed by atoms with E-state index >= 15 is 0 Å². The van der Waals surface area contributed by atoms with E-state index in [1.165, 1.54) is 0 Å². The van der Waals surface area contributed by atoms with Gasteiger partial charge >= 0.3 is 0 Å². The van der Waals surface area contributed by atoms with Crippen molar-refractivity contribution in [3.8, 4) is 0 Å². The van der Waals surface area contributed by atoms with E-state index in [4.69, 9.17) is 9.47 Å². The molecule has 3 heterocycles. The smallest absolute Gasteiger partial charge is 0.236 e. The fourth-order valence-corrected chi connectivity index (χ4v) is 4.57. The van der Waals surface area contributed by atoms with Gasteiger partial charge in [-0.15, -0.1) is 0 Å². The van der Waals surface area contributed by atoms with Crippen molar-refractivity contribution in [3.63, 3.8) is 0 Å². The molecule has 3 aliphatic rings. The number of likely N-dealkylation sites (tertiary alicyclic amines) is 1. The van der Waals surface area contributed by atoms with Crippen LogP contribution in [0.15, 0.2) is 30.3 Å². The number of hydrogen-bond donors (Lipinski definition) is 1. The van der Waals surface area contributed by atoms with Crippen LogP contribution in [0.25, 0.3) is 0 Å². The van der Waals surface area contributed by atoms with Crippen molar-refractivity contribution in [1.29, 1.82) is 0 Å². The van der Waals surface area contributed by atoms with E-state index in [0.717, 1.165) is 31.5 Å². The average molecular weight is 374 g/mol. The average Bonchev–Trinajstić information content (AvgIpc) is 2.71. The largest absolute Gasteiger partial charge is 0.393 e. The number of benzene rings is 1. The summed E-state index contributed by atoms with van der Waals surface area (Å²) in [5.41, 5.74) is 0.872. The van der Waals surface area contributed by atoms with Gasteiger partial charge in [0.1, 0.15) is 0 Å². The number of aliphatic hydroxyl groups excluding tert-OH is 1. The minimum absolute atomic E-state index is 0.0449. The highest BCUT2D eigenvalue weighted by molar-refractivity contribution is 5.78. The second-order valence-electron chi connectivity index (χ2n) is 8.06. The minimum atomic E-state index is -0.328. The quantitative estimate of drug-likeness (QED) is 0.871. The molecule has 2 atom stereocenters. The standard InChI is InChI=1S/C21H30N2O4/c24-18-14-19(17-4-2-1-3-5-17)27-21(15-18)6-8-22(9-7-21)16-20(25)23-10-12-26-13-11-23/h1-5,18-19,24H,6-16H2/t18-,19-/m1/s1. The van der Waals surface area contributed by atoms with Gasteiger partial charge in [0.15, 0.2) is 0 Å². The maximum atomic E-state index is 12.5. The number of rotatable bonds is 3. The lowest BCUT2D eigenvalue weighted by Crippen LogP contribution is -2.53. The zero-order valence-corrected chi connectivity index (χ0v) is 15.9. The Morgan fingerprint density at radius 1 is 1.11 bits per heavy atom. The first-order valence-corrected chi connectivity index (χ1v) is 10.1. The monoisotopic (exact) mass is 374 g/mol. The molecular formula is C21H30N2O4. The molecule has 0 unspecified atom stereocenters. The van der Waals surface area contributed by atoms with Crippen LogP contribution >= 0.6 is 0 Å². The van der Waals surface area contributed by atoms with Gasteiger partial charge < -0.3 is 19.5 Å². The molecule has 0 saturated carbocycles. The Hall–Kier alpha value is -1.47. The van der Waals surface area contributed by atoms with E-state index in [2.05, 4.69) is 17.0 Å². The second-order valence-corrected chi connectivity index (χ2v) is 8.06. The topological polar surface area (TPSA) is 62.2 Å². The number of carbonyl (C=O) groups is 1. The van der Waals surface area contributed by atoms with Gasteiger partial charge in [-0.2, -0.15) is 0 Å². The number of amides is 1. The molecule has 4 rings (SSSR count). The lowest BCUT2D eigenvalue weighted by atomic mass is 9.81. The van der Waals surface area contributed by atoms with Gasteiger partial charge in [-0.3, -0.25) is 9.69 Å².